The van der Waals surface area contributed by atoms with Crippen LogP contribution in [0.15, 0.2) is 5.16 Å². The van der Waals surface area contributed by atoms with Gasteiger partial charge in [-0.15, -0.1) is 0 Å². The van der Waals surface area contributed by atoms with Gasteiger partial charge in [0.1, 0.15) is 0 Å². The molecule has 0 aliphatic rings. The Bertz CT molecular complexity index is 205. The van der Waals surface area contributed by atoms with Crippen LogP contribution in [0.4, 0.5) is 0 Å². The molecule has 1 unspecified atom stereocenters. The lowest BCUT2D eigenvalue weighted by molar-refractivity contribution is -0.463. The zero-order valence-corrected chi connectivity index (χ0v) is 8.03. The monoisotopic (exact) mass is 172 g/mol. The summed E-state index contributed by atoms with van der Waals surface area (Å²) in [6.45, 7) is 7.40. The van der Waals surface area contributed by atoms with E-state index in [9.17, 15) is 5.21 Å². The molecule has 1 atom stereocenters. The molecule has 0 aliphatic heterocycles. The van der Waals surface area contributed by atoms with Crippen molar-refractivity contribution in [3.8, 4) is 0 Å². The number of oxime groups is 1. The van der Waals surface area contributed by atoms with Gasteiger partial charge in [0.2, 0.25) is 0 Å². The van der Waals surface area contributed by atoms with Crippen molar-refractivity contribution < 1.29 is 9.95 Å². The van der Waals surface area contributed by atoms with Crippen molar-refractivity contribution >= 4 is 11.4 Å². The summed E-state index contributed by atoms with van der Waals surface area (Å²) in [5.74, 6) is -0.0117. The highest BCUT2D eigenvalue weighted by atomic mass is 16.5. The van der Waals surface area contributed by atoms with Crippen LogP contribution in [-0.4, -0.2) is 27.9 Å². The average molecular weight is 172 g/mol. The highest BCUT2D eigenvalue weighted by molar-refractivity contribution is 5.83. The molecule has 0 bridgehead atoms. The molecule has 0 spiro atoms. The van der Waals surface area contributed by atoms with Gasteiger partial charge in [0.05, 0.1) is 11.6 Å². The smallest absolute Gasteiger partial charge is 0.161 e. The first-order valence-electron chi connectivity index (χ1n) is 3.92. The third kappa shape index (κ3) is 3.37. The van der Waals surface area contributed by atoms with Gasteiger partial charge in [-0.1, -0.05) is 12.1 Å². The second-order valence-corrected chi connectivity index (χ2v) is 3.15. The first-order chi connectivity index (χ1) is 5.49. The summed E-state index contributed by atoms with van der Waals surface area (Å²) in [6, 6.07) is 0. The topological polar surface area (TPSA) is 58.7 Å². The van der Waals surface area contributed by atoms with E-state index >= 15 is 0 Å². The normalized spacial score (nSPS) is 14.2. The maximum Gasteiger partial charge on any atom is 0.161 e. The Balaban J connectivity index is 4.20. The van der Waals surface area contributed by atoms with E-state index < -0.39 is 0 Å². The van der Waals surface area contributed by atoms with Gasteiger partial charge in [-0.2, -0.15) is 0 Å². The molecule has 0 aliphatic carbocycles. The molecule has 4 heteroatoms. The molecular weight excluding hydrogens is 156 g/mol. The number of rotatable bonds is 3. The molecule has 4 nitrogen and oxygen atoms in total. The first kappa shape index (κ1) is 10.9. The lowest BCUT2D eigenvalue weighted by Crippen LogP contribution is -2.22. The third-order valence-corrected chi connectivity index (χ3v) is 1.81. The SMILES string of the molecule is CC(=NO)C(C)C[N+]([O-])=C(C)C. The van der Waals surface area contributed by atoms with Crippen molar-refractivity contribution in [1.82, 2.24) is 0 Å². The number of hydrogen-bond donors (Lipinski definition) is 1. The van der Waals surface area contributed by atoms with Crippen molar-refractivity contribution in [1.29, 1.82) is 0 Å². The van der Waals surface area contributed by atoms with E-state index in [1.54, 1.807) is 20.8 Å². The minimum atomic E-state index is -0.0117. The Morgan fingerprint density at radius 1 is 1.50 bits per heavy atom. The van der Waals surface area contributed by atoms with Crippen molar-refractivity contribution in [2.24, 2.45) is 11.1 Å². The Morgan fingerprint density at radius 3 is 2.33 bits per heavy atom. The van der Waals surface area contributed by atoms with Crippen LogP contribution >= 0.6 is 0 Å². The molecule has 0 aromatic rings. The predicted molar refractivity (Wildman–Crippen MR) is 48.9 cm³/mol. The highest BCUT2D eigenvalue weighted by Gasteiger charge is 2.11. The Labute approximate surface area is 72.8 Å². The number of hydrogen-bond acceptors (Lipinski definition) is 3. The summed E-state index contributed by atoms with van der Waals surface area (Å²) in [5.41, 5.74) is 1.30. The lowest BCUT2D eigenvalue weighted by atomic mass is 10.1. The van der Waals surface area contributed by atoms with E-state index in [4.69, 9.17) is 5.21 Å². The van der Waals surface area contributed by atoms with Crippen LogP contribution in [-0.2, 0) is 0 Å². The summed E-state index contributed by atoms with van der Waals surface area (Å²) in [4.78, 5) is 0. The van der Waals surface area contributed by atoms with Gasteiger partial charge in [0, 0.05) is 13.8 Å². The molecule has 0 saturated carbocycles. The largest absolute Gasteiger partial charge is 0.624 e. The molecule has 0 radical (unpaired) electrons. The average Bonchev–Trinajstić information content (AvgIpc) is 2.02. The second-order valence-electron chi connectivity index (χ2n) is 3.15. The summed E-state index contributed by atoms with van der Waals surface area (Å²) in [7, 11) is 0. The van der Waals surface area contributed by atoms with Crippen molar-refractivity contribution in [3.63, 3.8) is 0 Å². The Morgan fingerprint density at radius 2 is 2.00 bits per heavy atom. The van der Waals surface area contributed by atoms with E-state index in [1.807, 2.05) is 6.92 Å². The Kier molecular flexibility index (Phi) is 4.33. The van der Waals surface area contributed by atoms with E-state index in [0.29, 0.717) is 18.0 Å². The molecule has 1 N–H and O–H groups in total. The fraction of sp³-hybridized carbons (Fsp3) is 0.750. The molecule has 0 rings (SSSR count). The van der Waals surface area contributed by atoms with Crippen molar-refractivity contribution in [3.05, 3.63) is 5.21 Å². The number of hydroxylamine groups is 1. The molecule has 70 valence electrons. The third-order valence-electron chi connectivity index (χ3n) is 1.81. The van der Waals surface area contributed by atoms with Gasteiger partial charge in [-0.25, -0.2) is 4.74 Å². The maximum absolute atomic E-state index is 11.1. The van der Waals surface area contributed by atoms with E-state index in [-0.39, 0.29) is 5.92 Å². The van der Waals surface area contributed by atoms with Crippen LogP contribution in [0.5, 0.6) is 0 Å². The maximum atomic E-state index is 11.1. The van der Waals surface area contributed by atoms with Gasteiger partial charge in [0.25, 0.3) is 0 Å². The van der Waals surface area contributed by atoms with Crippen LogP contribution in [0, 0.1) is 11.1 Å². The van der Waals surface area contributed by atoms with Gasteiger partial charge in [0.15, 0.2) is 12.3 Å². The van der Waals surface area contributed by atoms with E-state index in [2.05, 4.69) is 5.16 Å². The summed E-state index contributed by atoms with van der Waals surface area (Å²) in [6.07, 6.45) is 0. The fourth-order valence-electron chi connectivity index (χ4n) is 0.662. The summed E-state index contributed by atoms with van der Waals surface area (Å²) < 4.78 is 0.902. The minimum Gasteiger partial charge on any atom is -0.624 e. The molecule has 0 aromatic heterocycles. The fourth-order valence-corrected chi connectivity index (χ4v) is 0.662. The lowest BCUT2D eigenvalue weighted by Gasteiger charge is -2.10. The van der Waals surface area contributed by atoms with Crippen molar-refractivity contribution in [2.75, 3.05) is 6.54 Å². The quantitative estimate of drug-likeness (QED) is 0.230. The van der Waals surface area contributed by atoms with Gasteiger partial charge in [-0.05, 0) is 6.92 Å². The molecule has 0 fully saturated rings. The van der Waals surface area contributed by atoms with Crippen LogP contribution in [0.25, 0.3) is 0 Å². The van der Waals surface area contributed by atoms with Crippen LogP contribution in [0.2, 0.25) is 0 Å². The van der Waals surface area contributed by atoms with Gasteiger partial charge < -0.3 is 10.4 Å². The van der Waals surface area contributed by atoms with Gasteiger partial charge in [-0.3, -0.25) is 0 Å². The molecule has 0 heterocycles. The van der Waals surface area contributed by atoms with E-state index in [0.717, 1.165) is 4.74 Å². The molecule has 0 aromatic carbocycles. The zero-order valence-electron chi connectivity index (χ0n) is 8.03. The van der Waals surface area contributed by atoms with E-state index in [1.165, 1.54) is 0 Å². The molecule has 0 saturated heterocycles. The predicted octanol–water partition coefficient (Wildman–Crippen LogP) is 1.46. The highest BCUT2D eigenvalue weighted by Crippen LogP contribution is 1.98. The van der Waals surface area contributed by atoms with Crippen molar-refractivity contribution in [2.45, 2.75) is 27.7 Å². The van der Waals surface area contributed by atoms with Crippen LogP contribution in [0.3, 0.4) is 0 Å². The van der Waals surface area contributed by atoms with Crippen LogP contribution in [0.1, 0.15) is 27.7 Å². The first-order valence-corrected chi connectivity index (χ1v) is 3.92. The standard InChI is InChI=1S/C8H16N2O2/c1-6(2)10(12)5-7(3)8(4)9-11/h7,11H,5H2,1-4H3. The number of nitrogens with zero attached hydrogens (tertiary/aromatic N) is 2. The zero-order chi connectivity index (χ0) is 9.72. The minimum absolute atomic E-state index is 0.0117. The molecule has 0 amide bonds. The molecule has 12 heavy (non-hydrogen) atoms. The Hall–Kier alpha value is -1.06. The molecular formula is C8H16N2O2. The second kappa shape index (κ2) is 4.74. The summed E-state index contributed by atoms with van der Waals surface area (Å²) in [5, 5.41) is 22.6. The van der Waals surface area contributed by atoms with Gasteiger partial charge >= 0.3 is 0 Å². The summed E-state index contributed by atoms with van der Waals surface area (Å²) >= 11 is 0. The van der Waals surface area contributed by atoms with Crippen LogP contribution < -0.4 is 0 Å².